The molecule has 5 nitrogen and oxygen atoms in total. The Labute approximate surface area is 165 Å². The number of hydrogen-bond acceptors (Lipinski definition) is 3. The summed E-state index contributed by atoms with van der Waals surface area (Å²) in [7, 11) is -2.16. The van der Waals surface area contributed by atoms with Crippen molar-refractivity contribution in [3.8, 4) is 0 Å². The summed E-state index contributed by atoms with van der Waals surface area (Å²) < 4.78 is 28.3. The van der Waals surface area contributed by atoms with E-state index in [0.717, 1.165) is 16.8 Å². The van der Waals surface area contributed by atoms with Gasteiger partial charge in [-0.3, -0.25) is 9.52 Å². The highest BCUT2D eigenvalue weighted by Gasteiger charge is 2.19. The summed E-state index contributed by atoms with van der Waals surface area (Å²) in [6.45, 7) is 3.79. The van der Waals surface area contributed by atoms with Gasteiger partial charge in [-0.05, 0) is 61.4 Å². The van der Waals surface area contributed by atoms with Crippen LogP contribution in [0.1, 0.15) is 21.5 Å². The van der Waals surface area contributed by atoms with E-state index in [9.17, 15) is 13.2 Å². The highest BCUT2D eigenvalue weighted by atomic mass is 32.2. The van der Waals surface area contributed by atoms with Crippen molar-refractivity contribution >= 4 is 27.3 Å². The molecule has 6 heteroatoms. The summed E-state index contributed by atoms with van der Waals surface area (Å²) in [5, 5.41) is 0. The fourth-order valence-electron chi connectivity index (χ4n) is 2.82. The molecule has 1 amide bonds. The van der Waals surface area contributed by atoms with Crippen LogP contribution >= 0.6 is 0 Å². The first kappa shape index (κ1) is 19.6. The predicted octanol–water partition coefficient (Wildman–Crippen LogP) is 4.38. The SMILES string of the molecule is Cc1cccc(NS(=O)(=O)c2cccc(C(=O)N(C)c3ccccc3)c2)c1C. The Morgan fingerprint density at radius 3 is 2.29 bits per heavy atom. The second kappa shape index (κ2) is 7.86. The van der Waals surface area contributed by atoms with E-state index in [1.54, 1.807) is 31.3 Å². The maximum absolute atomic E-state index is 12.8. The number of para-hydroxylation sites is 1. The monoisotopic (exact) mass is 394 g/mol. The number of amides is 1. The zero-order valence-electron chi connectivity index (χ0n) is 16.0. The van der Waals surface area contributed by atoms with Crippen molar-refractivity contribution in [1.29, 1.82) is 0 Å². The molecule has 0 unspecified atom stereocenters. The summed E-state index contributed by atoms with van der Waals surface area (Å²) in [4.78, 5) is 14.3. The van der Waals surface area contributed by atoms with Crippen molar-refractivity contribution in [1.82, 2.24) is 0 Å². The van der Waals surface area contributed by atoms with Gasteiger partial charge in [0.05, 0.1) is 10.6 Å². The van der Waals surface area contributed by atoms with Gasteiger partial charge in [-0.1, -0.05) is 36.4 Å². The molecule has 0 radical (unpaired) electrons. The van der Waals surface area contributed by atoms with Crippen LogP contribution in [0.2, 0.25) is 0 Å². The second-order valence-electron chi connectivity index (χ2n) is 6.58. The van der Waals surface area contributed by atoms with E-state index >= 15 is 0 Å². The van der Waals surface area contributed by atoms with Gasteiger partial charge in [0.2, 0.25) is 0 Å². The second-order valence-corrected chi connectivity index (χ2v) is 8.26. The normalized spacial score (nSPS) is 11.1. The first-order valence-corrected chi connectivity index (χ1v) is 10.3. The molecule has 0 saturated heterocycles. The van der Waals surface area contributed by atoms with Gasteiger partial charge in [-0.15, -0.1) is 0 Å². The average Bonchev–Trinajstić information content (AvgIpc) is 2.71. The zero-order valence-corrected chi connectivity index (χ0v) is 16.8. The topological polar surface area (TPSA) is 66.5 Å². The van der Waals surface area contributed by atoms with E-state index in [-0.39, 0.29) is 10.8 Å². The van der Waals surface area contributed by atoms with Crippen LogP contribution in [0.5, 0.6) is 0 Å². The van der Waals surface area contributed by atoms with E-state index < -0.39 is 10.0 Å². The highest BCUT2D eigenvalue weighted by molar-refractivity contribution is 7.92. The number of nitrogens with zero attached hydrogens (tertiary/aromatic N) is 1. The van der Waals surface area contributed by atoms with Crippen LogP contribution < -0.4 is 9.62 Å². The van der Waals surface area contributed by atoms with Gasteiger partial charge in [-0.2, -0.15) is 0 Å². The lowest BCUT2D eigenvalue weighted by Crippen LogP contribution is -2.26. The minimum atomic E-state index is -3.82. The number of anilines is 2. The van der Waals surface area contributed by atoms with Crippen molar-refractivity contribution in [2.75, 3.05) is 16.7 Å². The fraction of sp³-hybridized carbons (Fsp3) is 0.136. The summed E-state index contributed by atoms with van der Waals surface area (Å²) in [6, 6.07) is 20.7. The van der Waals surface area contributed by atoms with Crippen LogP contribution in [-0.4, -0.2) is 21.4 Å². The minimum Gasteiger partial charge on any atom is -0.311 e. The van der Waals surface area contributed by atoms with Crippen LogP contribution in [0.4, 0.5) is 11.4 Å². The number of carbonyl (C=O) groups is 1. The number of benzene rings is 3. The molecule has 0 saturated carbocycles. The van der Waals surface area contributed by atoms with Gasteiger partial charge in [0.15, 0.2) is 0 Å². The highest BCUT2D eigenvalue weighted by Crippen LogP contribution is 2.23. The van der Waals surface area contributed by atoms with Gasteiger partial charge in [0.25, 0.3) is 15.9 Å². The number of rotatable bonds is 5. The van der Waals surface area contributed by atoms with Gasteiger partial charge < -0.3 is 4.90 Å². The maximum Gasteiger partial charge on any atom is 0.261 e. The van der Waals surface area contributed by atoms with Gasteiger partial charge in [0, 0.05) is 18.3 Å². The molecule has 0 fully saturated rings. The average molecular weight is 394 g/mol. The van der Waals surface area contributed by atoms with E-state index in [4.69, 9.17) is 0 Å². The van der Waals surface area contributed by atoms with Crippen molar-refractivity contribution in [2.45, 2.75) is 18.7 Å². The van der Waals surface area contributed by atoms with Crippen LogP contribution in [-0.2, 0) is 10.0 Å². The third-order valence-corrected chi connectivity index (χ3v) is 6.05. The molecule has 0 heterocycles. The van der Waals surface area contributed by atoms with Crippen LogP contribution in [0.15, 0.2) is 77.7 Å². The molecule has 0 aromatic heterocycles. The molecule has 0 aliphatic rings. The number of carbonyl (C=O) groups excluding carboxylic acids is 1. The molecule has 0 aliphatic carbocycles. The number of aryl methyl sites for hydroxylation is 1. The van der Waals surface area contributed by atoms with E-state index in [1.807, 2.05) is 50.2 Å². The Hall–Kier alpha value is -3.12. The lowest BCUT2D eigenvalue weighted by atomic mass is 10.1. The molecular weight excluding hydrogens is 372 g/mol. The lowest BCUT2D eigenvalue weighted by molar-refractivity contribution is 0.0993. The molecule has 3 aromatic rings. The van der Waals surface area contributed by atoms with Crippen molar-refractivity contribution < 1.29 is 13.2 Å². The zero-order chi connectivity index (χ0) is 20.3. The molecule has 28 heavy (non-hydrogen) atoms. The van der Waals surface area contributed by atoms with E-state index in [1.165, 1.54) is 17.0 Å². The third kappa shape index (κ3) is 4.07. The van der Waals surface area contributed by atoms with E-state index in [2.05, 4.69) is 4.72 Å². The van der Waals surface area contributed by atoms with Gasteiger partial charge in [0.1, 0.15) is 0 Å². The molecule has 3 aromatic carbocycles. The summed E-state index contributed by atoms with van der Waals surface area (Å²) in [6.07, 6.45) is 0. The molecule has 0 aliphatic heterocycles. The maximum atomic E-state index is 12.8. The quantitative estimate of drug-likeness (QED) is 0.698. The standard InChI is InChI=1S/C22H22N2O3S/c1-16-9-7-14-21(17(16)2)23-28(26,27)20-13-8-10-18(15-20)22(25)24(3)19-11-5-4-6-12-19/h4-15,23H,1-3H3. The molecular formula is C22H22N2O3S. The first-order chi connectivity index (χ1) is 13.3. The molecule has 3 rings (SSSR count). The first-order valence-electron chi connectivity index (χ1n) is 8.82. The van der Waals surface area contributed by atoms with Crippen molar-refractivity contribution in [3.63, 3.8) is 0 Å². The smallest absolute Gasteiger partial charge is 0.261 e. The lowest BCUT2D eigenvalue weighted by Gasteiger charge is -2.18. The van der Waals surface area contributed by atoms with Crippen molar-refractivity contribution in [3.05, 3.63) is 89.5 Å². The summed E-state index contributed by atoms with van der Waals surface area (Å²) >= 11 is 0. The number of nitrogens with one attached hydrogen (secondary N) is 1. The molecule has 0 bridgehead atoms. The third-order valence-electron chi connectivity index (χ3n) is 4.69. The number of hydrogen-bond donors (Lipinski definition) is 1. The van der Waals surface area contributed by atoms with Crippen LogP contribution in [0.25, 0.3) is 0 Å². The Bertz CT molecular complexity index is 1110. The Balaban J connectivity index is 1.90. The number of sulfonamides is 1. The van der Waals surface area contributed by atoms with Crippen LogP contribution in [0.3, 0.4) is 0 Å². The summed E-state index contributed by atoms with van der Waals surface area (Å²) in [5.74, 6) is -0.282. The molecule has 144 valence electrons. The van der Waals surface area contributed by atoms with E-state index in [0.29, 0.717) is 11.3 Å². The predicted molar refractivity (Wildman–Crippen MR) is 112 cm³/mol. The van der Waals surface area contributed by atoms with Gasteiger partial charge >= 0.3 is 0 Å². The minimum absolute atomic E-state index is 0.0423. The molecule has 1 N–H and O–H groups in total. The Kier molecular flexibility index (Phi) is 5.51. The molecule has 0 atom stereocenters. The summed E-state index contributed by atoms with van der Waals surface area (Å²) in [5.41, 5.74) is 3.42. The largest absolute Gasteiger partial charge is 0.311 e. The van der Waals surface area contributed by atoms with Gasteiger partial charge in [-0.25, -0.2) is 8.42 Å². The van der Waals surface area contributed by atoms with Crippen LogP contribution in [0, 0.1) is 13.8 Å². The fourth-order valence-corrected chi connectivity index (χ4v) is 3.99. The Morgan fingerprint density at radius 1 is 0.893 bits per heavy atom. The Morgan fingerprint density at radius 2 is 1.57 bits per heavy atom. The molecule has 0 spiro atoms. The van der Waals surface area contributed by atoms with Crippen molar-refractivity contribution in [2.24, 2.45) is 0 Å².